The van der Waals surface area contributed by atoms with E-state index in [9.17, 15) is 5.11 Å². The van der Waals surface area contributed by atoms with Crippen molar-refractivity contribution >= 4 is 11.6 Å². The molecule has 0 bridgehead atoms. The molecule has 0 spiro atoms. The Labute approximate surface area is 90.7 Å². The fourth-order valence-electron chi connectivity index (χ4n) is 1.18. The first kappa shape index (κ1) is 11.5. The van der Waals surface area contributed by atoms with Gasteiger partial charge in [-0.05, 0) is 17.0 Å². The van der Waals surface area contributed by atoms with Crippen molar-refractivity contribution in [3.8, 4) is 0 Å². The van der Waals surface area contributed by atoms with Crippen LogP contribution in [-0.4, -0.2) is 11.2 Å². The molecule has 1 nitrogen and oxygen atoms in total. The Bertz CT molecular complexity index is 301. The summed E-state index contributed by atoms with van der Waals surface area (Å²) >= 11 is 6.01. The molecule has 0 aliphatic rings. The van der Waals surface area contributed by atoms with E-state index in [0.29, 0.717) is 6.42 Å². The summed E-state index contributed by atoms with van der Waals surface area (Å²) < 4.78 is 0. The number of halogens is 1. The van der Waals surface area contributed by atoms with Gasteiger partial charge in [-0.25, -0.2) is 0 Å². The molecule has 0 aliphatic heterocycles. The molecule has 0 saturated carbocycles. The van der Waals surface area contributed by atoms with Gasteiger partial charge in [0.15, 0.2) is 0 Å². The van der Waals surface area contributed by atoms with Gasteiger partial charge in [0.1, 0.15) is 0 Å². The second-order valence-corrected chi connectivity index (χ2v) is 5.08. The molecule has 1 rings (SSSR count). The van der Waals surface area contributed by atoms with Crippen molar-refractivity contribution in [3.63, 3.8) is 0 Å². The standard InChI is InChI=1S/C12H17ClO/c1-12(2,3)11(14)8-9-6-4-5-7-10(9)13/h4-7,11,14H,8H2,1-3H3. The molecule has 0 fully saturated rings. The molecule has 0 aliphatic carbocycles. The molecular formula is C12H17ClO. The quantitative estimate of drug-likeness (QED) is 0.798. The lowest BCUT2D eigenvalue weighted by molar-refractivity contribution is 0.0636. The van der Waals surface area contributed by atoms with Gasteiger partial charge < -0.3 is 5.11 Å². The van der Waals surface area contributed by atoms with Gasteiger partial charge in [0, 0.05) is 11.4 Å². The summed E-state index contributed by atoms with van der Waals surface area (Å²) in [6, 6.07) is 7.65. The van der Waals surface area contributed by atoms with Gasteiger partial charge in [0.05, 0.1) is 6.10 Å². The second kappa shape index (κ2) is 4.33. The van der Waals surface area contributed by atoms with Gasteiger partial charge in [-0.1, -0.05) is 50.6 Å². The van der Waals surface area contributed by atoms with Gasteiger partial charge in [0.25, 0.3) is 0 Å². The Morgan fingerprint density at radius 3 is 2.36 bits per heavy atom. The molecule has 2 heteroatoms. The van der Waals surface area contributed by atoms with E-state index >= 15 is 0 Å². The lowest BCUT2D eigenvalue weighted by Crippen LogP contribution is -2.28. The van der Waals surface area contributed by atoms with Gasteiger partial charge in [-0.2, -0.15) is 0 Å². The third-order valence-corrected chi connectivity index (χ3v) is 2.74. The molecule has 0 aromatic heterocycles. The third kappa shape index (κ3) is 3.00. The summed E-state index contributed by atoms with van der Waals surface area (Å²) in [4.78, 5) is 0. The molecule has 1 aromatic rings. The van der Waals surface area contributed by atoms with E-state index < -0.39 is 0 Å². The molecular weight excluding hydrogens is 196 g/mol. The summed E-state index contributed by atoms with van der Waals surface area (Å²) in [5.41, 5.74) is 0.913. The van der Waals surface area contributed by atoms with Crippen LogP contribution in [0.1, 0.15) is 26.3 Å². The summed E-state index contributed by atoms with van der Waals surface area (Å²) in [7, 11) is 0. The Morgan fingerprint density at radius 2 is 1.86 bits per heavy atom. The highest BCUT2D eigenvalue weighted by atomic mass is 35.5. The number of aliphatic hydroxyl groups excluding tert-OH is 1. The first-order valence-corrected chi connectivity index (χ1v) is 5.20. The maximum absolute atomic E-state index is 9.90. The van der Waals surface area contributed by atoms with Crippen LogP contribution in [-0.2, 0) is 6.42 Å². The third-order valence-electron chi connectivity index (χ3n) is 2.37. The first-order chi connectivity index (χ1) is 6.41. The van der Waals surface area contributed by atoms with Gasteiger partial charge >= 0.3 is 0 Å². The van der Waals surface area contributed by atoms with E-state index in [2.05, 4.69) is 0 Å². The predicted molar refractivity (Wildman–Crippen MR) is 60.6 cm³/mol. The van der Waals surface area contributed by atoms with Crippen molar-refractivity contribution in [1.82, 2.24) is 0 Å². The molecule has 0 heterocycles. The van der Waals surface area contributed by atoms with Crippen LogP contribution in [0.25, 0.3) is 0 Å². The molecule has 78 valence electrons. The molecule has 1 aromatic carbocycles. The molecule has 14 heavy (non-hydrogen) atoms. The highest BCUT2D eigenvalue weighted by Gasteiger charge is 2.22. The fraction of sp³-hybridized carbons (Fsp3) is 0.500. The van der Waals surface area contributed by atoms with E-state index in [-0.39, 0.29) is 11.5 Å². The number of hydrogen-bond acceptors (Lipinski definition) is 1. The van der Waals surface area contributed by atoms with E-state index in [4.69, 9.17) is 11.6 Å². The zero-order valence-electron chi connectivity index (χ0n) is 8.92. The first-order valence-electron chi connectivity index (χ1n) is 4.83. The maximum atomic E-state index is 9.90. The zero-order chi connectivity index (χ0) is 10.8. The minimum absolute atomic E-state index is 0.0980. The van der Waals surface area contributed by atoms with Crippen molar-refractivity contribution in [2.24, 2.45) is 5.41 Å². The SMILES string of the molecule is CC(C)(C)C(O)Cc1ccccc1Cl. The molecule has 0 amide bonds. The van der Waals surface area contributed by atoms with Gasteiger partial charge in [0.2, 0.25) is 0 Å². The van der Waals surface area contributed by atoms with E-state index in [1.165, 1.54) is 0 Å². The second-order valence-electron chi connectivity index (χ2n) is 4.68. The van der Waals surface area contributed by atoms with Crippen LogP contribution in [0.15, 0.2) is 24.3 Å². The van der Waals surface area contributed by atoms with Crippen LogP contribution < -0.4 is 0 Å². The Balaban J connectivity index is 2.75. The predicted octanol–water partition coefficient (Wildman–Crippen LogP) is 3.29. The zero-order valence-corrected chi connectivity index (χ0v) is 9.67. The Kier molecular flexibility index (Phi) is 3.57. The van der Waals surface area contributed by atoms with Gasteiger partial charge in [-0.15, -0.1) is 0 Å². The Morgan fingerprint density at radius 1 is 1.29 bits per heavy atom. The van der Waals surface area contributed by atoms with Crippen molar-refractivity contribution in [1.29, 1.82) is 0 Å². The average Bonchev–Trinajstić information content (AvgIpc) is 2.07. The topological polar surface area (TPSA) is 20.2 Å². The van der Waals surface area contributed by atoms with E-state index in [0.717, 1.165) is 10.6 Å². The van der Waals surface area contributed by atoms with Crippen molar-refractivity contribution in [2.75, 3.05) is 0 Å². The molecule has 1 unspecified atom stereocenters. The Hall–Kier alpha value is -0.530. The van der Waals surface area contributed by atoms with E-state index in [1.807, 2.05) is 45.0 Å². The van der Waals surface area contributed by atoms with Crippen LogP contribution in [0.4, 0.5) is 0 Å². The van der Waals surface area contributed by atoms with E-state index in [1.54, 1.807) is 0 Å². The number of rotatable bonds is 2. The number of hydrogen-bond donors (Lipinski definition) is 1. The van der Waals surface area contributed by atoms with Crippen LogP contribution in [0.3, 0.4) is 0 Å². The maximum Gasteiger partial charge on any atom is 0.0629 e. The van der Waals surface area contributed by atoms with Crippen LogP contribution in [0.2, 0.25) is 5.02 Å². The normalized spacial score (nSPS) is 14.1. The fourth-order valence-corrected chi connectivity index (χ4v) is 1.39. The smallest absolute Gasteiger partial charge is 0.0629 e. The summed E-state index contributed by atoms with van der Waals surface area (Å²) in [6.07, 6.45) is 0.255. The minimum Gasteiger partial charge on any atom is -0.392 e. The molecule has 1 atom stereocenters. The van der Waals surface area contributed by atoms with Crippen LogP contribution in [0.5, 0.6) is 0 Å². The van der Waals surface area contributed by atoms with Crippen molar-refractivity contribution in [3.05, 3.63) is 34.9 Å². The highest BCUT2D eigenvalue weighted by Crippen LogP contribution is 2.25. The number of benzene rings is 1. The molecule has 1 N–H and O–H groups in total. The highest BCUT2D eigenvalue weighted by molar-refractivity contribution is 6.31. The monoisotopic (exact) mass is 212 g/mol. The average molecular weight is 213 g/mol. The minimum atomic E-state index is -0.359. The lowest BCUT2D eigenvalue weighted by atomic mass is 9.85. The molecule has 0 radical (unpaired) electrons. The van der Waals surface area contributed by atoms with Crippen LogP contribution in [0, 0.1) is 5.41 Å². The van der Waals surface area contributed by atoms with Crippen LogP contribution >= 0.6 is 11.6 Å². The summed E-state index contributed by atoms with van der Waals surface area (Å²) in [5, 5.41) is 10.6. The number of aliphatic hydroxyl groups is 1. The van der Waals surface area contributed by atoms with Crippen molar-refractivity contribution in [2.45, 2.75) is 33.3 Å². The van der Waals surface area contributed by atoms with Crippen molar-refractivity contribution < 1.29 is 5.11 Å². The van der Waals surface area contributed by atoms with Gasteiger partial charge in [-0.3, -0.25) is 0 Å². The summed E-state index contributed by atoms with van der Waals surface area (Å²) in [5.74, 6) is 0. The summed E-state index contributed by atoms with van der Waals surface area (Å²) in [6.45, 7) is 6.07. The lowest BCUT2D eigenvalue weighted by Gasteiger charge is -2.26. The largest absolute Gasteiger partial charge is 0.392 e. The molecule has 0 saturated heterocycles.